The van der Waals surface area contributed by atoms with Gasteiger partial charge >= 0.3 is 5.76 Å². The van der Waals surface area contributed by atoms with Gasteiger partial charge in [-0.3, -0.25) is 9.78 Å². The number of aromatic amines is 2. The molecule has 4 rings (SSSR count). The summed E-state index contributed by atoms with van der Waals surface area (Å²) >= 11 is 0. The number of benzene rings is 2. The van der Waals surface area contributed by atoms with Gasteiger partial charge in [-0.15, -0.1) is 0 Å². The molecule has 0 aliphatic carbocycles. The van der Waals surface area contributed by atoms with Gasteiger partial charge in [0, 0.05) is 23.0 Å². The SMILES string of the molecule is O=C(Nc1ccc2oc(=O)[nH]c2c1)c1ccc2cc[nH]c2c1. The fourth-order valence-corrected chi connectivity index (χ4v) is 2.42. The van der Waals surface area contributed by atoms with Crippen molar-refractivity contribution in [1.82, 2.24) is 9.97 Å². The van der Waals surface area contributed by atoms with Crippen molar-refractivity contribution in [1.29, 1.82) is 0 Å². The molecule has 0 aliphatic rings. The van der Waals surface area contributed by atoms with Crippen molar-refractivity contribution in [2.24, 2.45) is 0 Å². The molecule has 0 saturated heterocycles. The molecule has 108 valence electrons. The zero-order valence-corrected chi connectivity index (χ0v) is 11.3. The number of carbonyl (C=O) groups is 1. The van der Waals surface area contributed by atoms with Gasteiger partial charge in [-0.2, -0.15) is 0 Å². The standard InChI is InChI=1S/C16H11N3O3/c20-15(10-2-1-9-5-6-17-12(9)7-10)18-11-3-4-14-13(8-11)19-16(21)22-14/h1-8,17H,(H,18,20)(H,19,21). The minimum absolute atomic E-state index is 0.221. The topological polar surface area (TPSA) is 90.9 Å². The fraction of sp³-hybridized carbons (Fsp3) is 0. The Labute approximate surface area is 123 Å². The predicted octanol–water partition coefficient (Wildman–Crippen LogP) is 2.85. The van der Waals surface area contributed by atoms with Crippen molar-refractivity contribution in [2.45, 2.75) is 0 Å². The maximum atomic E-state index is 12.3. The molecule has 22 heavy (non-hydrogen) atoms. The van der Waals surface area contributed by atoms with E-state index >= 15 is 0 Å². The average molecular weight is 293 g/mol. The van der Waals surface area contributed by atoms with Crippen molar-refractivity contribution in [3.05, 3.63) is 64.8 Å². The molecule has 0 bridgehead atoms. The molecule has 0 atom stereocenters. The predicted molar refractivity (Wildman–Crippen MR) is 83.1 cm³/mol. The maximum absolute atomic E-state index is 12.3. The van der Waals surface area contributed by atoms with Gasteiger partial charge in [0.05, 0.1) is 5.52 Å². The molecular formula is C16H11N3O3. The molecule has 0 unspecified atom stereocenters. The van der Waals surface area contributed by atoms with Gasteiger partial charge in [-0.25, -0.2) is 4.79 Å². The molecule has 0 radical (unpaired) electrons. The fourth-order valence-electron chi connectivity index (χ4n) is 2.42. The summed E-state index contributed by atoms with van der Waals surface area (Å²) in [5, 5.41) is 3.85. The molecule has 0 saturated carbocycles. The number of carbonyl (C=O) groups excluding carboxylic acids is 1. The van der Waals surface area contributed by atoms with Gasteiger partial charge in [0.15, 0.2) is 5.58 Å². The summed E-state index contributed by atoms with van der Waals surface area (Å²) in [5.74, 6) is -0.739. The van der Waals surface area contributed by atoms with Crippen molar-refractivity contribution in [3.63, 3.8) is 0 Å². The van der Waals surface area contributed by atoms with Crippen LogP contribution in [0.25, 0.3) is 22.0 Å². The van der Waals surface area contributed by atoms with Gasteiger partial charge < -0.3 is 14.7 Å². The quantitative estimate of drug-likeness (QED) is 0.530. The van der Waals surface area contributed by atoms with Crippen LogP contribution in [0.3, 0.4) is 0 Å². The van der Waals surface area contributed by atoms with Gasteiger partial charge in [0.1, 0.15) is 0 Å². The summed E-state index contributed by atoms with van der Waals surface area (Å²) < 4.78 is 4.92. The molecule has 2 aromatic heterocycles. The maximum Gasteiger partial charge on any atom is 0.417 e. The summed E-state index contributed by atoms with van der Waals surface area (Å²) in [6, 6.07) is 12.4. The van der Waals surface area contributed by atoms with E-state index in [1.807, 2.05) is 18.3 Å². The van der Waals surface area contributed by atoms with E-state index in [2.05, 4.69) is 15.3 Å². The van der Waals surface area contributed by atoms with Crippen LogP contribution in [0.5, 0.6) is 0 Å². The van der Waals surface area contributed by atoms with Crippen LogP contribution in [0.1, 0.15) is 10.4 Å². The van der Waals surface area contributed by atoms with E-state index in [9.17, 15) is 9.59 Å². The monoisotopic (exact) mass is 293 g/mol. The number of aromatic nitrogens is 2. The van der Waals surface area contributed by atoms with Crippen LogP contribution in [-0.2, 0) is 0 Å². The zero-order chi connectivity index (χ0) is 15.1. The number of hydrogen-bond donors (Lipinski definition) is 3. The normalized spacial score (nSPS) is 11.1. The van der Waals surface area contributed by atoms with Crippen LogP contribution in [0.2, 0.25) is 0 Å². The second kappa shape index (κ2) is 4.63. The molecule has 0 spiro atoms. The van der Waals surface area contributed by atoms with Crippen molar-refractivity contribution in [3.8, 4) is 0 Å². The summed E-state index contributed by atoms with van der Waals surface area (Å²) in [4.78, 5) is 29.1. The molecule has 0 aliphatic heterocycles. The first kappa shape index (κ1) is 12.5. The number of fused-ring (bicyclic) bond motifs is 2. The van der Waals surface area contributed by atoms with Crippen molar-refractivity contribution >= 4 is 33.6 Å². The lowest BCUT2D eigenvalue weighted by Crippen LogP contribution is -2.11. The van der Waals surface area contributed by atoms with Crippen LogP contribution < -0.4 is 11.1 Å². The Balaban J connectivity index is 1.65. The summed E-state index contributed by atoms with van der Waals surface area (Å²) in [6.45, 7) is 0. The minimum Gasteiger partial charge on any atom is -0.408 e. The van der Waals surface area contributed by atoms with Crippen molar-refractivity contribution < 1.29 is 9.21 Å². The highest BCUT2D eigenvalue weighted by Gasteiger charge is 2.09. The number of amides is 1. The van der Waals surface area contributed by atoms with Gasteiger partial charge in [-0.1, -0.05) is 6.07 Å². The highest BCUT2D eigenvalue weighted by Crippen LogP contribution is 2.18. The average Bonchev–Trinajstić information content (AvgIpc) is 3.10. The van der Waals surface area contributed by atoms with E-state index in [-0.39, 0.29) is 5.91 Å². The van der Waals surface area contributed by atoms with Crippen LogP contribution in [0.15, 0.2) is 57.9 Å². The Morgan fingerprint density at radius 3 is 2.86 bits per heavy atom. The van der Waals surface area contributed by atoms with Crippen LogP contribution in [-0.4, -0.2) is 15.9 Å². The van der Waals surface area contributed by atoms with Gasteiger partial charge in [-0.05, 0) is 41.8 Å². The van der Waals surface area contributed by atoms with Gasteiger partial charge in [0.25, 0.3) is 5.91 Å². The smallest absolute Gasteiger partial charge is 0.408 e. The molecule has 6 nitrogen and oxygen atoms in total. The van der Waals surface area contributed by atoms with E-state index in [4.69, 9.17) is 4.42 Å². The van der Waals surface area contributed by atoms with Crippen LogP contribution >= 0.6 is 0 Å². The van der Waals surface area contributed by atoms with E-state index < -0.39 is 5.76 Å². The molecule has 3 N–H and O–H groups in total. The second-order valence-electron chi connectivity index (χ2n) is 4.96. The molecule has 6 heteroatoms. The second-order valence-corrected chi connectivity index (χ2v) is 4.96. The van der Waals surface area contributed by atoms with E-state index in [0.717, 1.165) is 10.9 Å². The van der Waals surface area contributed by atoms with E-state index in [1.54, 1.807) is 30.3 Å². The molecule has 4 aromatic rings. The minimum atomic E-state index is -0.518. The van der Waals surface area contributed by atoms with E-state index in [1.165, 1.54) is 0 Å². The summed E-state index contributed by atoms with van der Waals surface area (Å²) in [7, 11) is 0. The Kier molecular flexibility index (Phi) is 2.62. The first-order valence-electron chi connectivity index (χ1n) is 6.70. The van der Waals surface area contributed by atoms with Crippen LogP contribution in [0, 0.1) is 0 Å². The molecule has 2 aromatic carbocycles. The molecule has 0 fully saturated rings. The Hall–Kier alpha value is -3.28. The lowest BCUT2D eigenvalue weighted by atomic mass is 10.1. The largest absolute Gasteiger partial charge is 0.417 e. The number of anilines is 1. The van der Waals surface area contributed by atoms with Crippen molar-refractivity contribution in [2.75, 3.05) is 5.32 Å². The Bertz CT molecular complexity index is 1060. The third kappa shape index (κ3) is 2.07. The Morgan fingerprint density at radius 1 is 1.05 bits per heavy atom. The summed E-state index contributed by atoms with van der Waals surface area (Å²) in [6.07, 6.45) is 1.83. The highest BCUT2D eigenvalue weighted by molar-refractivity contribution is 6.06. The van der Waals surface area contributed by atoms with Crippen LogP contribution in [0.4, 0.5) is 5.69 Å². The first-order valence-corrected chi connectivity index (χ1v) is 6.70. The zero-order valence-electron chi connectivity index (χ0n) is 11.3. The van der Waals surface area contributed by atoms with E-state index in [0.29, 0.717) is 22.4 Å². The first-order chi connectivity index (χ1) is 10.7. The van der Waals surface area contributed by atoms with Gasteiger partial charge in [0.2, 0.25) is 0 Å². The number of hydrogen-bond acceptors (Lipinski definition) is 3. The molecule has 2 heterocycles. The number of oxazole rings is 1. The Morgan fingerprint density at radius 2 is 1.95 bits per heavy atom. The number of H-pyrrole nitrogens is 2. The summed E-state index contributed by atoms with van der Waals surface area (Å²) in [5.41, 5.74) is 3.04. The highest BCUT2D eigenvalue weighted by atomic mass is 16.4. The molecule has 1 amide bonds. The third-order valence-corrected chi connectivity index (χ3v) is 3.49. The molecular weight excluding hydrogens is 282 g/mol. The lowest BCUT2D eigenvalue weighted by Gasteiger charge is -2.05. The lowest BCUT2D eigenvalue weighted by molar-refractivity contribution is 0.102. The number of rotatable bonds is 2. The number of nitrogens with one attached hydrogen (secondary N) is 3. The third-order valence-electron chi connectivity index (χ3n) is 3.49.